The van der Waals surface area contributed by atoms with Gasteiger partial charge in [0.1, 0.15) is 36.0 Å². The molecule has 0 saturated carbocycles. The number of nitrogens with one attached hydrogen (secondary N) is 1. The summed E-state index contributed by atoms with van der Waals surface area (Å²) in [7, 11) is 1.56. The van der Waals surface area contributed by atoms with Crippen LogP contribution in [-0.2, 0) is 16.0 Å². The number of halogens is 4. The standard InChI is InChI=1S/C34H30F4N4O5/c1-46-30-15-22(6-11-29(30)47-13-12-43)23-14-26(32(39)40-16-23)20-4-9-25(10-5-20)41-33(45)28-18-42(19-34(36,37)38)17-27(31(28)44)21-2-7-24(35)8-3-21/h2-11,14-18,29-30,43H,12-13,19H2,1H3,(H2,39,40)(H,41,45). The second-order valence-electron chi connectivity index (χ2n) is 10.6. The maximum absolute atomic E-state index is 13.5. The number of alkyl halides is 3. The summed E-state index contributed by atoms with van der Waals surface area (Å²) in [6, 6.07) is 12.9. The number of rotatable bonds is 10. The fraction of sp³-hybridized carbons (Fsp3) is 0.206. The smallest absolute Gasteiger partial charge is 0.394 e. The molecule has 1 aliphatic rings. The summed E-state index contributed by atoms with van der Waals surface area (Å²) in [6.07, 6.45) is 3.65. The number of anilines is 2. The van der Waals surface area contributed by atoms with Crippen LogP contribution >= 0.6 is 0 Å². The number of nitrogens with zero attached hydrogens (tertiary/aromatic N) is 2. The number of hydrogen-bond acceptors (Lipinski definition) is 7. The molecule has 1 amide bonds. The first-order chi connectivity index (χ1) is 22.5. The van der Waals surface area contributed by atoms with E-state index in [-0.39, 0.29) is 48.1 Å². The van der Waals surface area contributed by atoms with Gasteiger partial charge in [-0.15, -0.1) is 0 Å². The lowest BCUT2D eigenvalue weighted by atomic mass is 9.95. The lowest BCUT2D eigenvalue weighted by Gasteiger charge is -2.25. The molecule has 0 aliphatic heterocycles. The van der Waals surface area contributed by atoms with E-state index in [1.165, 1.54) is 12.1 Å². The van der Waals surface area contributed by atoms with E-state index in [0.29, 0.717) is 15.7 Å². The van der Waals surface area contributed by atoms with Crippen LogP contribution in [-0.4, -0.2) is 59.3 Å². The van der Waals surface area contributed by atoms with Gasteiger partial charge in [-0.1, -0.05) is 36.4 Å². The van der Waals surface area contributed by atoms with Crippen LogP contribution in [0.5, 0.6) is 0 Å². The quantitative estimate of drug-likeness (QED) is 0.195. The molecule has 2 heterocycles. The highest BCUT2D eigenvalue weighted by atomic mass is 19.4. The van der Waals surface area contributed by atoms with Crippen LogP contribution < -0.4 is 16.5 Å². The van der Waals surface area contributed by atoms with Crippen molar-refractivity contribution in [2.24, 2.45) is 0 Å². The highest BCUT2D eigenvalue weighted by molar-refractivity contribution is 6.04. The lowest BCUT2D eigenvalue weighted by molar-refractivity contribution is -0.140. The molecule has 4 N–H and O–H groups in total. The number of allylic oxidation sites excluding steroid dienone is 2. The molecule has 244 valence electrons. The Morgan fingerprint density at radius 2 is 1.70 bits per heavy atom. The Hall–Kier alpha value is -5.11. The van der Waals surface area contributed by atoms with Gasteiger partial charge in [0.15, 0.2) is 0 Å². The number of carbonyl (C=O) groups excluding carboxylic acids is 1. The number of nitrogen functional groups attached to an aromatic ring is 1. The molecule has 2 unspecified atom stereocenters. The van der Waals surface area contributed by atoms with Gasteiger partial charge in [-0.05, 0) is 53.1 Å². The van der Waals surface area contributed by atoms with Gasteiger partial charge < -0.3 is 30.2 Å². The third-order valence-corrected chi connectivity index (χ3v) is 7.35. The third-order valence-electron chi connectivity index (χ3n) is 7.35. The van der Waals surface area contributed by atoms with Gasteiger partial charge >= 0.3 is 6.18 Å². The Morgan fingerprint density at radius 3 is 2.36 bits per heavy atom. The highest BCUT2D eigenvalue weighted by Crippen LogP contribution is 2.31. The minimum Gasteiger partial charge on any atom is -0.394 e. The van der Waals surface area contributed by atoms with Crippen molar-refractivity contribution in [1.82, 2.24) is 9.55 Å². The molecule has 2 aromatic carbocycles. The van der Waals surface area contributed by atoms with E-state index in [4.69, 9.17) is 20.3 Å². The van der Waals surface area contributed by atoms with Gasteiger partial charge in [0.2, 0.25) is 5.43 Å². The molecule has 0 saturated heterocycles. The largest absolute Gasteiger partial charge is 0.406 e. The molecular weight excluding hydrogens is 620 g/mol. The summed E-state index contributed by atoms with van der Waals surface area (Å²) in [4.78, 5) is 30.8. The molecular formula is C34H30F4N4O5. The van der Waals surface area contributed by atoms with E-state index < -0.39 is 35.4 Å². The number of aromatic nitrogens is 2. The van der Waals surface area contributed by atoms with Crippen molar-refractivity contribution < 1.29 is 36.9 Å². The number of pyridine rings is 2. The van der Waals surface area contributed by atoms with Gasteiger partial charge in [0, 0.05) is 48.1 Å². The Balaban J connectivity index is 1.39. The second kappa shape index (κ2) is 14.1. The predicted octanol–water partition coefficient (Wildman–Crippen LogP) is 5.46. The number of carbonyl (C=O) groups is 1. The third kappa shape index (κ3) is 8.01. The van der Waals surface area contributed by atoms with Crippen molar-refractivity contribution in [1.29, 1.82) is 0 Å². The first-order valence-corrected chi connectivity index (χ1v) is 14.4. The SMILES string of the molecule is COC1C=C(c2cnc(N)c(-c3ccc(NC(=O)c4cn(CC(F)(F)F)cc(-c5ccc(F)cc5)c4=O)cc3)c2)C=CC1OCCO. The molecule has 4 aromatic rings. The molecule has 0 radical (unpaired) electrons. The minimum absolute atomic E-state index is 0.114. The Morgan fingerprint density at radius 1 is 1.02 bits per heavy atom. The summed E-state index contributed by atoms with van der Waals surface area (Å²) >= 11 is 0. The van der Waals surface area contributed by atoms with Crippen LogP contribution in [0.4, 0.5) is 29.1 Å². The molecule has 2 aromatic heterocycles. The summed E-state index contributed by atoms with van der Waals surface area (Å²) in [5.41, 5.74) is 7.94. The number of aliphatic hydroxyl groups excluding tert-OH is 1. The molecule has 5 rings (SSSR count). The molecule has 13 heteroatoms. The van der Waals surface area contributed by atoms with Crippen LogP contribution in [0.1, 0.15) is 15.9 Å². The lowest BCUT2D eigenvalue weighted by Crippen LogP contribution is -2.30. The fourth-order valence-electron chi connectivity index (χ4n) is 5.09. The molecule has 0 bridgehead atoms. The number of methoxy groups -OCH3 is 1. The predicted molar refractivity (Wildman–Crippen MR) is 169 cm³/mol. The van der Waals surface area contributed by atoms with Gasteiger partial charge in [0.25, 0.3) is 5.91 Å². The van der Waals surface area contributed by atoms with Crippen LogP contribution in [0.2, 0.25) is 0 Å². The van der Waals surface area contributed by atoms with Crippen molar-refractivity contribution in [3.05, 3.63) is 119 Å². The summed E-state index contributed by atoms with van der Waals surface area (Å²) < 4.78 is 65.1. The van der Waals surface area contributed by atoms with Gasteiger partial charge in [-0.25, -0.2) is 9.37 Å². The number of benzene rings is 2. The van der Waals surface area contributed by atoms with Gasteiger partial charge in [-0.3, -0.25) is 9.59 Å². The van der Waals surface area contributed by atoms with Crippen LogP contribution in [0, 0.1) is 5.82 Å². The summed E-state index contributed by atoms with van der Waals surface area (Å²) in [6.45, 7) is -1.39. The van der Waals surface area contributed by atoms with E-state index in [2.05, 4.69) is 10.3 Å². The Labute approximate surface area is 266 Å². The van der Waals surface area contributed by atoms with Crippen LogP contribution in [0.3, 0.4) is 0 Å². The zero-order chi connectivity index (χ0) is 33.7. The van der Waals surface area contributed by atoms with Crippen LogP contribution in [0.15, 0.2) is 96.2 Å². The van der Waals surface area contributed by atoms with E-state index in [1.807, 2.05) is 24.3 Å². The number of aliphatic hydroxyl groups is 1. The molecule has 47 heavy (non-hydrogen) atoms. The molecule has 9 nitrogen and oxygen atoms in total. The average molecular weight is 651 g/mol. The fourth-order valence-corrected chi connectivity index (χ4v) is 5.09. The van der Waals surface area contributed by atoms with Crippen molar-refractivity contribution in [2.75, 3.05) is 31.4 Å². The maximum atomic E-state index is 13.5. The summed E-state index contributed by atoms with van der Waals surface area (Å²) in [5, 5.41) is 11.6. The monoisotopic (exact) mass is 650 g/mol. The maximum Gasteiger partial charge on any atom is 0.406 e. The first kappa shape index (κ1) is 33.3. The highest BCUT2D eigenvalue weighted by Gasteiger charge is 2.29. The van der Waals surface area contributed by atoms with Gasteiger partial charge in [-0.2, -0.15) is 13.2 Å². The molecule has 1 aliphatic carbocycles. The average Bonchev–Trinajstić information content (AvgIpc) is 3.05. The topological polar surface area (TPSA) is 129 Å². The zero-order valence-corrected chi connectivity index (χ0v) is 25.0. The summed E-state index contributed by atoms with van der Waals surface area (Å²) in [5.74, 6) is -1.26. The van der Waals surface area contributed by atoms with Crippen LogP contribution in [0.25, 0.3) is 27.8 Å². The number of ether oxygens (including phenoxy) is 2. The Bertz CT molecular complexity index is 1870. The molecule has 2 atom stereocenters. The van der Waals surface area contributed by atoms with Gasteiger partial charge in [0.05, 0.1) is 13.2 Å². The molecule has 0 spiro atoms. The van der Waals surface area contributed by atoms with Crippen molar-refractivity contribution in [3.8, 4) is 22.3 Å². The number of nitrogens with two attached hydrogens (primary N) is 1. The minimum atomic E-state index is -4.63. The Kier molecular flexibility index (Phi) is 9.99. The first-order valence-electron chi connectivity index (χ1n) is 14.4. The second-order valence-corrected chi connectivity index (χ2v) is 10.6. The van der Waals surface area contributed by atoms with E-state index in [9.17, 15) is 27.2 Å². The van der Waals surface area contributed by atoms with E-state index in [1.54, 1.807) is 37.6 Å². The van der Waals surface area contributed by atoms with Crippen molar-refractivity contribution in [2.45, 2.75) is 24.9 Å². The normalized spacial score (nSPS) is 16.2. The number of hydrogen-bond donors (Lipinski definition) is 3. The van der Waals surface area contributed by atoms with E-state index in [0.717, 1.165) is 35.7 Å². The number of amides is 1. The van der Waals surface area contributed by atoms with Crippen molar-refractivity contribution in [3.63, 3.8) is 0 Å². The van der Waals surface area contributed by atoms with E-state index >= 15 is 0 Å². The van der Waals surface area contributed by atoms with Crippen molar-refractivity contribution >= 4 is 23.0 Å². The molecule has 0 fully saturated rings. The zero-order valence-electron chi connectivity index (χ0n) is 25.0.